The van der Waals surface area contributed by atoms with Gasteiger partial charge in [-0.05, 0) is 49.6 Å². The predicted molar refractivity (Wildman–Crippen MR) is 83.0 cm³/mol. The van der Waals surface area contributed by atoms with Crippen LogP contribution in [0, 0.1) is 6.92 Å². The summed E-state index contributed by atoms with van der Waals surface area (Å²) in [7, 11) is 0. The lowest BCUT2D eigenvalue weighted by molar-refractivity contribution is 0.464. The number of pyridine rings is 1. The molecule has 0 spiro atoms. The number of nitrogens with one attached hydrogen (secondary N) is 1. The highest BCUT2D eigenvalue weighted by molar-refractivity contribution is 5.45. The summed E-state index contributed by atoms with van der Waals surface area (Å²) in [5.41, 5.74) is 4.01. The minimum absolute atomic E-state index is 0.239. The number of benzene rings is 1. The first-order valence-corrected chi connectivity index (χ1v) is 7.17. The number of rotatable bonds is 6. The third-order valence-corrected chi connectivity index (χ3v) is 3.32. The Hall–Kier alpha value is -2.03. The highest BCUT2D eigenvalue weighted by Gasteiger charge is 2.03. The Morgan fingerprint density at radius 2 is 1.85 bits per heavy atom. The van der Waals surface area contributed by atoms with Crippen molar-refractivity contribution in [1.82, 2.24) is 4.98 Å². The van der Waals surface area contributed by atoms with Gasteiger partial charge in [0.25, 0.3) is 0 Å². The Labute approximate surface area is 120 Å². The standard InChI is InChI=1S/C17H22N2O/c1-3-4-5-14-7-9-15(10-8-14)18-12-16-17(20)11-6-13(2)19-16/h6-11,18,20H,3-5,12H2,1-2H3. The lowest BCUT2D eigenvalue weighted by atomic mass is 10.1. The van der Waals surface area contributed by atoms with Gasteiger partial charge in [-0.15, -0.1) is 0 Å². The fraction of sp³-hybridized carbons (Fsp3) is 0.353. The van der Waals surface area contributed by atoms with E-state index in [1.165, 1.54) is 18.4 Å². The second-order valence-corrected chi connectivity index (χ2v) is 5.07. The van der Waals surface area contributed by atoms with Crippen LogP contribution in [0.15, 0.2) is 36.4 Å². The molecule has 0 saturated carbocycles. The number of hydrogen-bond acceptors (Lipinski definition) is 3. The Balaban J connectivity index is 1.95. The van der Waals surface area contributed by atoms with E-state index in [1.54, 1.807) is 12.1 Å². The summed E-state index contributed by atoms with van der Waals surface area (Å²) in [4.78, 5) is 4.33. The molecule has 1 heterocycles. The molecule has 2 aromatic rings. The molecule has 0 atom stereocenters. The summed E-state index contributed by atoms with van der Waals surface area (Å²) in [6.45, 7) is 4.66. The molecule has 106 valence electrons. The topological polar surface area (TPSA) is 45.2 Å². The zero-order valence-electron chi connectivity index (χ0n) is 12.2. The average molecular weight is 270 g/mol. The van der Waals surface area contributed by atoms with E-state index >= 15 is 0 Å². The van der Waals surface area contributed by atoms with Gasteiger partial charge in [0, 0.05) is 11.4 Å². The summed E-state index contributed by atoms with van der Waals surface area (Å²) in [5.74, 6) is 0.239. The van der Waals surface area contributed by atoms with E-state index < -0.39 is 0 Å². The van der Waals surface area contributed by atoms with Crippen LogP contribution in [0.4, 0.5) is 5.69 Å². The van der Waals surface area contributed by atoms with E-state index in [0.717, 1.165) is 17.8 Å². The molecule has 3 heteroatoms. The van der Waals surface area contributed by atoms with Gasteiger partial charge in [0.1, 0.15) is 11.4 Å². The first-order valence-electron chi connectivity index (χ1n) is 7.17. The zero-order valence-corrected chi connectivity index (χ0v) is 12.2. The molecule has 0 amide bonds. The monoisotopic (exact) mass is 270 g/mol. The first kappa shape index (κ1) is 14.4. The van der Waals surface area contributed by atoms with E-state index in [0.29, 0.717) is 12.2 Å². The number of anilines is 1. The molecule has 2 N–H and O–H groups in total. The third-order valence-electron chi connectivity index (χ3n) is 3.32. The minimum Gasteiger partial charge on any atom is -0.506 e. The number of aryl methyl sites for hydroxylation is 2. The SMILES string of the molecule is CCCCc1ccc(NCc2nc(C)ccc2O)cc1. The van der Waals surface area contributed by atoms with Gasteiger partial charge in [-0.25, -0.2) is 0 Å². The van der Waals surface area contributed by atoms with Crippen LogP contribution in [-0.2, 0) is 13.0 Å². The number of unbranched alkanes of at least 4 members (excludes halogenated alkanes) is 1. The number of aromatic nitrogens is 1. The van der Waals surface area contributed by atoms with E-state index in [1.807, 2.05) is 6.92 Å². The minimum atomic E-state index is 0.239. The van der Waals surface area contributed by atoms with Crippen LogP contribution >= 0.6 is 0 Å². The highest BCUT2D eigenvalue weighted by atomic mass is 16.3. The van der Waals surface area contributed by atoms with E-state index in [9.17, 15) is 5.11 Å². The van der Waals surface area contributed by atoms with Crippen LogP contribution in [0.5, 0.6) is 5.75 Å². The molecule has 3 nitrogen and oxygen atoms in total. The van der Waals surface area contributed by atoms with Gasteiger partial charge in [-0.2, -0.15) is 0 Å². The maximum Gasteiger partial charge on any atom is 0.138 e. The van der Waals surface area contributed by atoms with Crippen molar-refractivity contribution < 1.29 is 5.11 Å². The Bertz CT molecular complexity index is 549. The summed E-state index contributed by atoms with van der Waals surface area (Å²) in [6.07, 6.45) is 3.59. The fourth-order valence-electron chi connectivity index (χ4n) is 2.09. The summed E-state index contributed by atoms with van der Waals surface area (Å²) in [6, 6.07) is 12.0. The maximum absolute atomic E-state index is 9.75. The number of hydrogen-bond donors (Lipinski definition) is 2. The molecule has 0 radical (unpaired) electrons. The van der Waals surface area contributed by atoms with Crippen molar-refractivity contribution in [1.29, 1.82) is 0 Å². The zero-order chi connectivity index (χ0) is 14.4. The van der Waals surface area contributed by atoms with Crippen molar-refractivity contribution >= 4 is 5.69 Å². The van der Waals surface area contributed by atoms with Crippen LogP contribution in [-0.4, -0.2) is 10.1 Å². The van der Waals surface area contributed by atoms with Gasteiger partial charge in [0.15, 0.2) is 0 Å². The molecule has 0 aliphatic carbocycles. The van der Waals surface area contributed by atoms with Gasteiger partial charge in [-0.3, -0.25) is 4.98 Å². The first-order chi connectivity index (χ1) is 9.69. The average Bonchev–Trinajstić information content (AvgIpc) is 2.47. The van der Waals surface area contributed by atoms with E-state index in [4.69, 9.17) is 0 Å². The van der Waals surface area contributed by atoms with Crippen molar-refractivity contribution in [2.24, 2.45) is 0 Å². The Kier molecular flexibility index (Phi) is 4.99. The highest BCUT2D eigenvalue weighted by Crippen LogP contribution is 2.17. The van der Waals surface area contributed by atoms with Crippen LogP contribution in [0.2, 0.25) is 0 Å². The molecular weight excluding hydrogens is 248 g/mol. The van der Waals surface area contributed by atoms with Gasteiger partial charge >= 0.3 is 0 Å². The Morgan fingerprint density at radius 3 is 2.55 bits per heavy atom. The fourth-order valence-corrected chi connectivity index (χ4v) is 2.09. The van der Waals surface area contributed by atoms with Crippen LogP contribution in [0.25, 0.3) is 0 Å². The van der Waals surface area contributed by atoms with E-state index in [-0.39, 0.29) is 5.75 Å². The van der Waals surface area contributed by atoms with Crippen molar-refractivity contribution in [3.8, 4) is 5.75 Å². The largest absolute Gasteiger partial charge is 0.506 e. The molecule has 2 rings (SSSR count). The van der Waals surface area contributed by atoms with Gasteiger partial charge in [0.2, 0.25) is 0 Å². The second kappa shape index (κ2) is 6.94. The predicted octanol–water partition coefficient (Wildman–Crippen LogP) is 4.05. The third kappa shape index (κ3) is 3.98. The van der Waals surface area contributed by atoms with E-state index in [2.05, 4.69) is 41.5 Å². The molecular formula is C17H22N2O. The summed E-state index contributed by atoms with van der Waals surface area (Å²) in [5, 5.41) is 13.0. The van der Waals surface area contributed by atoms with Crippen molar-refractivity contribution in [2.45, 2.75) is 39.7 Å². The number of aromatic hydroxyl groups is 1. The van der Waals surface area contributed by atoms with Crippen molar-refractivity contribution in [2.75, 3.05) is 5.32 Å². The van der Waals surface area contributed by atoms with Gasteiger partial charge < -0.3 is 10.4 Å². The summed E-state index contributed by atoms with van der Waals surface area (Å²) < 4.78 is 0. The number of nitrogens with zero attached hydrogens (tertiary/aromatic N) is 1. The van der Waals surface area contributed by atoms with Gasteiger partial charge in [-0.1, -0.05) is 25.5 Å². The molecule has 0 saturated heterocycles. The Morgan fingerprint density at radius 1 is 1.10 bits per heavy atom. The molecule has 0 aliphatic heterocycles. The molecule has 20 heavy (non-hydrogen) atoms. The van der Waals surface area contributed by atoms with Crippen LogP contribution in [0.3, 0.4) is 0 Å². The quantitative estimate of drug-likeness (QED) is 0.832. The molecule has 1 aromatic heterocycles. The van der Waals surface area contributed by atoms with Crippen molar-refractivity contribution in [3.63, 3.8) is 0 Å². The van der Waals surface area contributed by atoms with Gasteiger partial charge in [0.05, 0.1) is 6.54 Å². The molecule has 1 aromatic carbocycles. The lowest BCUT2D eigenvalue weighted by Gasteiger charge is -2.09. The maximum atomic E-state index is 9.75. The van der Waals surface area contributed by atoms with Crippen LogP contribution < -0.4 is 5.32 Å². The normalized spacial score (nSPS) is 10.5. The smallest absolute Gasteiger partial charge is 0.138 e. The second-order valence-electron chi connectivity index (χ2n) is 5.07. The summed E-state index contributed by atoms with van der Waals surface area (Å²) >= 11 is 0. The molecule has 0 aliphatic rings. The molecule has 0 unspecified atom stereocenters. The molecule has 0 bridgehead atoms. The lowest BCUT2D eigenvalue weighted by Crippen LogP contribution is -2.03. The van der Waals surface area contributed by atoms with Crippen molar-refractivity contribution in [3.05, 3.63) is 53.3 Å². The van der Waals surface area contributed by atoms with Crippen LogP contribution in [0.1, 0.15) is 36.7 Å². The molecule has 0 fully saturated rings.